The van der Waals surface area contributed by atoms with E-state index in [9.17, 15) is 4.79 Å². The summed E-state index contributed by atoms with van der Waals surface area (Å²) in [7, 11) is 0. The summed E-state index contributed by atoms with van der Waals surface area (Å²) in [6.45, 7) is 4.66. The fourth-order valence-corrected chi connectivity index (χ4v) is 3.37. The molecule has 0 saturated heterocycles. The monoisotopic (exact) mass is 340 g/mol. The van der Waals surface area contributed by atoms with E-state index in [2.05, 4.69) is 6.07 Å². The molecular formula is C20H20O3S. The molecule has 124 valence electrons. The number of para-hydroxylation sites is 1. The van der Waals surface area contributed by atoms with Gasteiger partial charge in [0.15, 0.2) is 0 Å². The molecule has 0 fully saturated rings. The van der Waals surface area contributed by atoms with E-state index in [1.54, 1.807) is 17.8 Å². The number of thioether (sulfide) groups is 1. The van der Waals surface area contributed by atoms with Gasteiger partial charge in [-0.1, -0.05) is 30.3 Å². The molecule has 4 heteroatoms. The zero-order valence-corrected chi connectivity index (χ0v) is 14.7. The van der Waals surface area contributed by atoms with Crippen molar-refractivity contribution >= 4 is 22.7 Å². The fraction of sp³-hybridized carbons (Fsp3) is 0.250. The summed E-state index contributed by atoms with van der Waals surface area (Å²) in [4.78, 5) is 11.8. The van der Waals surface area contributed by atoms with Gasteiger partial charge in [0, 0.05) is 23.0 Å². The molecule has 0 saturated carbocycles. The standard InChI is InChI=1S/C20H20O3S/c1-14-8-9-18-16(12-19(21)23-20(18)15(14)2)13-24-11-10-22-17-6-4-3-5-7-17/h3-9,12H,10-11,13H2,1-2H3. The molecule has 0 aliphatic rings. The molecule has 3 nitrogen and oxygen atoms in total. The number of hydrogen-bond acceptors (Lipinski definition) is 4. The summed E-state index contributed by atoms with van der Waals surface area (Å²) in [5.41, 5.74) is 3.61. The SMILES string of the molecule is Cc1ccc2c(CSCCOc3ccccc3)cc(=O)oc2c1C. The van der Waals surface area contributed by atoms with Crippen molar-refractivity contribution in [3.05, 3.63) is 75.6 Å². The normalized spacial score (nSPS) is 10.9. The Hall–Kier alpha value is -2.20. The Labute approximate surface area is 145 Å². The summed E-state index contributed by atoms with van der Waals surface area (Å²) >= 11 is 1.75. The molecule has 0 N–H and O–H groups in total. The van der Waals surface area contributed by atoms with Crippen LogP contribution in [0.15, 0.2) is 57.7 Å². The van der Waals surface area contributed by atoms with Gasteiger partial charge >= 0.3 is 5.63 Å². The maximum absolute atomic E-state index is 11.8. The highest BCUT2D eigenvalue weighted by atomic mass is 32.2. The number of rotatable bonds is 6. The van der Waals surface area contributed by atoms with Crippen LogP contribution >= 0.6 is 11.8 Å². The quantitative estimate of drug-likeness (QED) is 0.481. The van der Waals surface area contributed by atoms with Gasteiger partial charge in [0.25, 0.3) is 0 Å². The van der Waals surface area contributed by atoms with E-state index in [4.69, 9.17) is 9.15 Å². The van der Waals surface area contributed by atoms with E-state index >= 15 is 0 Å². The summed E-state index contributed by atoms with van der Waals surface area (Å²) < 4.78 is 11.1. The highest BCUT2D eigenvalue weighted by Crippen LogP contribution is 2.25. The van der Waals surface area contributed by atoms with Crippen molar-refractivity contribution < 1.29 is 9.15 Å². The summed E-state index contributed by atoms with van der Waals surface area (Å²) in [6, 6.07) is 15.5. The molecule has 24 heavy (non-hydrogen) atoms. The molecule has 0 amide bonds. The van der Waals surface area contributed by atoms with Crippen molar-refractivity contribution in [2.75, 3.05) is 12.4 Å². The number of fused-ring (bicyclic) bond motifs is 1. The third-order valence-corrected chi connectivity index (χ3v) is 4.99. The van der Waals surface area contributed by atoms with Crippen molar-refractivity contribution in [1.82, 2.24) is 0 Å². The Morgan fingerprint density at radius 2 is 1.88 bits per heavy atom. The molecule has 0 radical (unpaired) electrons. The van der Waals surface area contributed by atoms with Gasteiger partial charge in [0.1, 0.15) is 11.3 Å². The van der Waals surface area contributed by atoms with E-state index in [0.717, 1.165) is 39.3 Å². The predicted molar refractivity (Wildman–Crippen MR) is 100 cm³/mol. The number of aryl methyl sites for hydroxylation is 2. The minimum atomic E-state index is -0.285. The number of hydrogen-bond donors (Lipinski definition) is 0. The second-order valence-electron chi connectivity index (χ2n) is 5.69. The van der Waals surface area contributed by atoms with Crippen LogP contribution in [0.25, 0.3) is 11.0 Å². The van der Waals surface area contributed by atoms with Crippen LogP contribution in [0.5, 0.6) is 5.75 Å². The molecule has 2 aromatic carbocycles. The average molecular weight is 340 g/mol. The minimum absolute atomic E-state index is 0.285. The Morgan fingerprint density at radius 1 is 1.08 bits per heavy atom. The molecule has 0 atom stereocenters. The van der Waals surface area contributed by atoms with Gasteiger partial charge < -0.3 is 9.15 Å². The van der Waals surface area contributed by atoms with Crippen molar-refractivity contribution in [2.24, 2.45) is 0 Å². The Balaban J connectivity index is 1.65. The van der Waals surface area contributed by atoms with Crippen LogP contribution in [0.4, 0.5) is 0 Å². The molecule has 0 aliphatic carbocycles. The lowest BCUT2D eigenvalue weighted by Crippen LogP contribution is -2.03. The van der Waals surface area contributed by atoms with E-state index in [1.807, 2.05) is 50.2 Å². The van der Waals surface area contributed by atoms with Gasteiger partial charge in [-0.3, -0.25) is 0 Å². The largest absolute Gasteiger partial charge is 0.493 e. The fourth-order valence-electron chi connectivity index (χ4n) is 2.56. The lowest BCUT2D eigenvalue weighted by Gasteiger charge is -2.09. The molecule has 0 spiro atoms. The van der Waals surface area contributed by atoms with Crippen LogP contribution in [-0.4, -0.2) is 12.4 Å². The van der Waals surface area contributed by atoms with Gasteiger partial charge in [0.2, 0.25) is 0 Å². The Morgan fingerprint density at radius 3 is 2.67 bits per heavy atom. The van der Waals surface area contributed by atoms with Crippen LogP contribution in [0, 0.1) is 13.8 Å². The number of ether oxygens (including phenoxy) is 1. The van der Waals surface area contributed by atoms with Crippen LogP contribution in [0.1, 0.15) is 16.7 Å². The molecule has 0 aliphatic heterocycles. The topological polar surface area (TPSA) is 39.4 Å². The molecule has 1 aromatic heterocycles. The van der Waals surface area contributed by atoms with Crippen molar-refractivity contribution in [3.8, 4) is 5.75 Å². The smallest absolute Gasteiger partial charge is 0.336 e. The van der Waals surface area contributed by atoms with Crippen molar-refractivity contribution in [2.45, 2.75) is 19.6 Å². The molecular weight excluding hydrogens is 320 g/mol. The van der Waals surface area contributed by atoms with Gasteiger partial charge in [0.05, 0.1) is 6.61 Å². The van der Waals surface area contributed by atoms with Crippen LogP contribution in [0.2, 0.25) is 0 Å². The zero-order chi connectivity index (χ0) is 16.9. The van der Waals surface area contributed by atoms with E-state index in [1.165, 1.54) is 0 Å². The first-order valence-corrected chi connectivity index (χ1v) is 9.09. The predicted octanol–water partition coefficient (Wildman–Crippen LogP) is 4.72. The molecule has 1 heterocycles. The van der Waals surface area contributed by atoms with Gasteiger partial charge in [-0.2, -0.15) is 11.8 Å². The first-order valence-electron chi connectivity index (χ1n) is 7.93. The molecule has 3 aromatic rings. The van der Waals surface area contributed by atoms with Crippen LogP contribution < -0.4 is 10.4 Å². The average Bonchev–Trinajstić information content (AvgIpc) is 2.59. The lowest BCUT2D eigenvalue weighted by atomic mass is 10.0. The second kappa shape index (κ2) is 7.58. The summed E-state index contributed by atoms with van der Waals surface area (Å²) in [6.07, 6.45) is 0. The summed E-state index contributed by atoms with van der Waals surface area (Å²) in [5.74, 6) is 2.51. The maximum Gasteiger partial charge on any atom is 0.336 e. The van der Waals surface area contributed by atoms with E-state index in [-0.39, 0.29) is 5.63 Å². The first kappa shape index (κ1) is 16.7. The highest BCUT2D eigenvalue weighted by molar-refractivity contribution is 7.98. The maximum atomic E-state index is 11.8. The van der Waals surface area contributed by atoms with Gasteiger partial charge in [-0.25, -0.2) is 4.79 Å². The second-order valence-corrected chi connectivity index (χ2v) is 6.79. The molecule has 0 unspecified atom stereocenters. The van der Waals surface area contributed by atoms with Crippen molar-refractivity contribution in [3.63, 3.8) is 0 Å². The van der Waals surface area contributed by atoms with E-state index < -0.39 is 0 Å². The highest BCUT2D eigenvalue weighted by Gasteiger charge is 2.09. The van der Waals surface area contributed by atoms with Crippen LogP contribution in [-0.2, 0) is 5.75 Å². The molecule has 3 rings (SSSR count). The zero-order valence-electron chi connectivity index (χ0n) is 13.9. The third kappa shape index (κ3) is 3.82. The van der Waals surface area contributed by atoms with E-state index in [0.29, 0.717) is 12.2 Å². The third-order valence-electron chi connectivity index (χ3n) is 4.01. The molecule has 0 bridgehead atoms. The van der Waals surface area contributed by atoms with Crippen molar-refractivity contribution in [1.29, 1.82) is 0 Å². The Kier molecular flexibility index (Phi) is 5.26. The van der Waals surface area contributed by atoms with Gasteiger partial charge in [-0.05, 0) is 42.7 Å². The number of benzene rings is 2. The lowest BCUT2D eigenvalue weighted by molar-refractivity contribution is 0.344. The van der Waals surface area contributed by atoms with Crippen LogP contribution in [0.3, 0.4) is 0 Å². The summed E-state index contributed by atoms with van der Waals surface area (Å²) in [5, 5.41) is 1.02. The minimum Gasteiger partial charge on any atom is -0.493 e. The van der Waals surface area contributed by atoms with Gasteiger partial charge in [-0.15, -0.1) is 0 Å². The first-order chi connectivity index (χ1) is 11.6. The Bertz CT molecular complexity index is 885.